The molecule has 0 aromatic heterocycles. The van der Waals surface area contributed by atoms with Crippen LogP contribution in [0.25, 0.3) is 0 Å². The second-order valence-corrected chi connectivity index (χ2v) is 6.32. The molecule has 2 rings (SSSR count). The van der Waals surface area contributed by atoms with Gasteiger partial charge in [0.25, 0.3) is 0 Å². The van der Waals surface area contributed by atoms with Crippen molar-refractivity contribution >= 4 is 35.0 Å². The Morgan fingerprint density at radius 1 is 1.05 bits per heavy atom. The molecule has 0 fully saturated rings. The molecule has 1 atom stereocenters. The van der Waals surface area contributed by atoms with Crippen LogP contribution in [0.3, 0.4) is 0 Å². The molecule has 2 aromatic carbocycles. The molecule has 0 spiro atoms. The molecule has 0 saturated carbocycles. The van der Waals surface area contributed by atoms with E-state index in [2.05, 4.69) is 36.5 Å². The van der Waals surface area contributed by atoms with Crippen LogP contribution in [-0.4, -0.2) is 12.3 Å². The SMILES string of the molecule is CCNC(CSc1ccccc1)c1ccc(Cl)c(Cl)c1. The molecule has 20 heavy (non-hydrogen) atoms. The molecule has 4 heteroatoms. The van der Waals surface area contributed by atoms with E-state index in [0.717, 1.165) is 12.3 Å². The summed E-state index contributed by atoms with van der Waals surface area (Å²) in [6.45, 7) is 3.03. The summed E-state index contributed by atoms with van der Waals surface area (Å²) in [5.41, 5.74) is 1.17. The van der Waals surface area contributed by atoms with Crippen molar-refractivity contribution in [2.75, 3.05) is 12.3 Å². The highest BCUT2D eigenvalue weighted by Gasteiger charge is 2.12. The van der Waals surface area contributed by atoms with Gasteiger partial charge in [-0.25, -0.2) is 0 Å². The normalized spacial score (nSPS) is 12.3. The lowest BCUT2D eigenvalue weighted by Crippen LogP contribution is -2.22. The fourth-order valence-electron chi connectivity index (χ4n) is 1.94. The Bertz CT molecular complexity index is 545. The van der Waals surface area contributed by atoms with Crippen molar-refractivity contribution < 1.29 is 0 Å². The minimum atomic E-state index is 0.264. The van der Waals surface area contributed by atoms with Crippen LogP contribution < -0.4 is 5.32 Å². The Balaban J connectivity index is 2.08. The van der Waals surface area contributed by atoms with Crippen LogP contribution in [0.15, 0.2) is 53.4 Å². The third-order valence-corrected chi connectivity index (χ3v) is 4.80. The van der Waals surface area contributed by atoms with Crippen molar-refractivity contribution in [2.24, 2.45) is 0 Å². The fourth-order valence-corrected chi connectivity index (χ4v) is 3.27. The Hall–Kier alpha value is -0.670. The van der Waals surface area contributed by atoms with Crippen LogP contribution in [0.1, 0.15) is 18.5 Å². The van der Waals surface area contributed by atoms with Crippen LogP contribution in [-0.2, 0) is 0 Å². The average Bonchev–Trinajstić information content (AvgIpc) is 2.47. The van der Waals surface area contributed by atoms with Crippen molar-refractivity contribution in [3.63, 3.8) is 0 Å². The molecule has 1 unspecified atom stereocenters. The molecule has 0 saturated heterocycles. The lowest BCUT2D eigenvalue weighted by Gasteiger charge is -2.18. The zero-order valence-electron chi connectivity index (χ0n) is 11.3. The lowest BCUT2D eigenvalue weighted by atomic mass is 10.1. The van der Waals surface area contributed by atoms with Crippen LogP contribution in [0, 0.1) is 0 Å². The summed E-state index contributed by atoms with van der Waals surface area (Å²) in [4.78, 5) is 1.27. The van der Waals surface area contributed by atoms with Gasteiger partial charge in [-0.05, 0) is 36.4 Å². The second-order valence-electron chi connectivity index (χ2n) is 4.41. The van der Waals surface area contributed by atoms with E-state index in [-0.39, 0.29) is 6.04 Å². The first-order valence-corrected chi connectivity index (χ1v) is 8.31. The van der Waals surface area contributed by atoms with Gasteiger partial charge in [-0.3, -0.25) is 0 Å². The Morgan fingerprint density at radius 3 is 2.45 bits per heavy atom. The third-order valence-electron chi connectivity index (χ3n) is 2.96. The number of rotatable bonds is 6. The first-order valence-electron chi connectivity index (χ1n) is 6.57. The van der Waals surface area contributed by atoms with Gasteiger partial charge in [-0.2, -0.15) is 0 Å². The van der Waals surface area contributed by atoms with E-state index in [0.29, 0.717) is 10.0 Å². The number of hydrogen-bond acceptors (Lipinski definition) is 2. The second kappa shape index (κ2) is 7.94. The quantitative estimate of drug-likeness (QED) is 0.710. The van der Waals surface area contributed by atoms with Crippen molar-refractivity contribution in [2.45, 2.75) is 17.9 Å². The van der Waals surface area contributed by atoms with Crippen molar-refractivity contribution in [1.29, 1.82) is 0 Å². The van der Waals surface area contributed by atoms with Crippen LogP contribution in [0.4, 0.5) is 0 Å². The minimum absolute atomic E-state index is 0.264. The maximum absolute atomic E-state index is 6.11. The van der Waals surface area contributed by atoms with E-state index in [1.807, 2.05) is 36.0 Å². The average molecular weight is 326 g/mol. The fraction of sp³-hybridized carbons (Fsp3) is 0.250. The highest BCUT2D eigenvalue weighted by atomic mass is 35.5. The van der Waals surface area contributed by atoms with Crippen molar-refractivity contribution in [1.82, 2.24) is 5.32 Å². The summed E-state index contributed by atoms with van der Waals surface area (Å²) in [6, 6.07) is 16.5. The van der Waals surface area contributed by atoms with Crippen LogP contribution >= 0.6 is 35.0 Å². The lowest BCUT2D eigenvalue weighted by molar-refractivity contribution is 0.606. The van der Waals surface area contributed by atoms with Gasteiger partial charge in [-0.1, -0.05) is 54.4 Å². The molecule has 0 radical (unpaired) electrons. The molecule has 0 bridgehead atoms. The predicted octanol–water partition coefficient (Wildman–Crippen LogP) is 5.44. The molecular weight excluding hydrogens is 309 g/mol. The summed E-state index contributed by atoms with van der Waals surface area (Å²) in [6.07, 6.45) is 0. The number of nitrogens with one attached hydrogen (secondary N) is 1. The highest BCUT2D eigenvalue weighted by molar-refractivity contribution is 7.99. The van der Waals surface area contributed by atoms with Gasteiger partial charge in [0.05, 0.1) is 10.0 Å². The van der Waals surface area contributed by atoms with Crippen molar-refractivity contribution in [3.05, 3.63) is 64.1 Å². The number of halogens is 2. The van der Waals surface area contributed by atoms with Gasteiger partial charge in [-0.15, -0.1) is 11.8 Å². The Kier molecular flexibility index (Phi) is 6.24. The molecule has 0 aliphatic heterocycles. The van der Waals surface area contributed by atoms with E-state index < -0.39 is 0 Å². The van der Waals surface area contributed by atoms with E-state index >= 15 is 0 Å². The molecule has 1 N–H and O–H groups in total. The van der Waals surface area contributed by atoms with E-state index in [4.69, 9.17) is 23.2 Å². The molecule has 106 valence electrons. The maximum Gasteiger partial charge on any atom is 0.0595 e. The van der Waals surface area contributed by atoms with Gasteiger partial charge < -0.3 is 5.32 Å². The van der Waals surface area contributed by atoms with Gasteiger partial charge in [0, 0.05) is 16.7 Å². The molecular formula is C16H17Cl2NS. The summed E-state index contributed by atoms with van der Waals surface area (Å²) in [7, 11) is 0. The van der Waals surface area contributed by atoms with Crippen LogP contribution in [0.2, 0.25) is 10.0 Å². The zero-order chi connectivity index (χ0) is 14.4. The van der Waals surface area contributed by atoms with Crippen molar-refractivity contribution in [3.8, 4) is 0 Å². The largest absolute Gasteiger partial charge is 0.309 e. The van der Waals surface area contributed by atoms with Gasteiger partial charge in [0.15, 0.2) is 0 Å². The molecule has 0 aliphatic carbocycles. The van der Waals surface area contributed by atoms with Gasteiger partial charge in [0.2, 0.25) is 0 Å². The number of hydrogen-bond donors (Lipinski definition) is 1. The summed E-state index contributed by atoms with van der Waals surface area (Å²) in [5, 5.41) is 4.70. The summed E-state index contributed by atoms with van der Waals surface area (Å²) in [5.74, 6) is 0.954. The Labute approximate surface area is 134 Å². The maximum atomic E-state index is 6.11. The topological polar surface area (TPSA) is 12.0 Å². The smallest absolute Gasteiger partial charge is 0.0595 e. The molecule has 0 amide bonds. The molecule has 1 nitrogen and oxygen atoms in total. The number of benzene rings is 2. The van der Waals surface area contributed by atoms with E-state index in [1.54, 1.807) is 0 Å². The molecule has 2 aromatic rings. The first kappa shape index (κ1) is 15.7. The Morgan fingerprint density at radius 2 is 1.80 bits per heavy atom. The van der Waals surface area contributed by atoms with E-state index in [1.165, 1.54) is 10.5 Å². The number of thioether (sulfide) groups is 1. The summed E-state index contributed by atoms with van der Waals surface area (Å²) >= 11 is 13.9. The third kappa shape index (κ3) is 4.42. The van der Waals surface area contributed by atoms with Crippen LogP contribution in [0.5, 0.6) is 0 Å². The standard InChI is InChI=1S/C16H17Cl2NS/c1-2-19-16(11-20-13-6-4-3-5-7-13)12-8-9-14(17)15(18)10-12/h3-10,16,19H,2,11H2,1H3. The molecule has 0 aliphatic rings. The molecule has 0 heterocycles. The highest BCUT2D eigenvalue weighted by Crippen LogP contribution is 2.29. The first-order chi connectivity index (χ1) is 9.70. The summed E-state index contributed by atoms with van der Waals surface area (Å²) < 4.78 is 0. The van der Waals surface area contributed by atoms with Gasteiger partial charge >= 0.3 is 0 Å². The zero-order valence-corrected chi connectivity index (χ0v) is 13.6. The monoisotopic (exact) mass is 325 g/mol. The van der Waals surface area contributed by atoms with Gasteiger partial charge in [0.1, 0.15) is 0 Å². The predicted molar refractivity (Wildman–Crippen MR) is 90.0 cm³/mol. The van der Waals surface area contributed by atoms with E-state index in [9.17, 15) is 0 Å². The minimum Gasteiger partial charge on any atom is -0.309 e.